The molecule has 2 aliphatic heterocycles. The van der Waals surface area contributed by atoms with Crippen LogP contribution in [0, 0.1) is 5.41 Å². The highest BCUT2D eigenvalue weighted by Crippen LogP contribution is 2.34. The Morgan fingerprint density at radius 3 is 2.28 bits per heavy atom. The molecule has 2 N–H and O–H groups in total. The molecule has 2 bridgehead atoms. The third kappa shape index (κ3) is 3.69. The fourth-order valence-electron chi connectivity index (χ4n) is 3.66. The molecule has 0 aromatic heterocycles. The molecule has 0 spiro atoms. The first-order valence-corrected chi connectivity index (χ1v) is 7.48. The van der Waals surface area contributed by atoms with E-state index in [1.807, 2.05) is 0 Å². The first kappa shape index (κ1) is 14.3. The van der Waals surface area contributed by atoms with Crippen molar-refractivity contribution in [3.63, 3.8) is 0 Å². The van der Waals surface area contributed by atoms with Gasteiger partial charge in [0.2, 0.25) is 0 Å². The number of nitrogens with one attached hydrogen (secondary N) is 1. The Kier molecular flexibility index (Phi) is 4.35. The van der Waals surface area contributed by atoms with Gasteiger partial charge in [0.1, 0.15) is 0 Å². The van der Waals surface area contributed by atoms with E-state index in [-0.39, 0.29) is 11.5 Å². The predicted octanol–water partition coefficient (Wildman–Crippen LogP) is 2.00. The number of aliphatic hydroxyl groups is 1. The van der Waals surface area contributed by atoms with Gasteiger partial charge in [-0.1, -0.05) is 20.8 Å². The summed E-state index contributed by atoms with van der Waals surface area (Å²) in [5.41, 5.74) is 0.215. The van der Waals surface area contributed by atoms with E-state index in [1.165, 1.54) is 25.7 Å². The molecular formula is C15H30N2O. The monoisotopic (exact) mass is 254 g/mol. The Bertz CT molecular complexity index is 260. The minimum atomic E-state index is -0.206. The number of rotatable bonds is 4. The molecule has 0 radical (unpaired) electrons. The van der Waals surface area contributed by atoms with Crippen LogP contribution in [0.4, 0.5) is 0 Å². The normalized spacial score (nSPS) is 34.8. The lowest BCUT2D eigenvalue weighted by Gasteiger charge is -2.37. The summed E-state index contributed by atoms with van der Waals surface area (Å²) in [6.45, 7) is 7.31. The molecule has 106 valence electrons. The molecule has 2 saturated heterocycles. The smallest absolute Gasteiger partial charge is 0.0669 e. The molecule has 3 atom stereocenters. The molecule has 2 heterocycles. The van der Waals surface area contributed by atoms with Crippen LogP contribution in [0.5, 0.6) is 0 Å². The first-order valence-electron chi connectivity index (χ1n) is 7.48. The topological polar surface area (TPSA) is 35.5 Å². The van der Waals surface area contributed by atoms with Crippen molar-refractivity contribution in [2.75, 3.05) is 13.6 Å². The fraction of sp³-hybridized carbons (Fsp3) is 1.00. The summed E-state index contributed by atoms with van der Waals surface area (Å²) in [6, 6.07) is 2.18. The van der Waals surface area contributed by atoms with Gasteiger partial charge in [-0.2, -0.15) is 0 Å². The van der Waals surface area contributed by atoms with Crippen molar-refractivity contribution in [3.05, 3.63) is 0 Å². The highest BCUT2D eigenvalue weighted by molar-refractivity contribution is 4.96. The number of fused-ring (bicyclic) bond motifs is 2. The Morgan fingerprint density at radius 2 is 1.78 bits per heavy atom. The molecular weight excluding hydrogens is 224 g/mol. The molecule has 3 nitrogen and oxygen atoms in total. The van der Waals surface area contributed by atoms with Crippen LogP contribution in [-0.4, -0.2) is 47.8 Å². The van der Waals surface area contributed by atoms with Crippen molar-refractivity contribution >= 4 is 0 Å². The highest BCUT2D eigenvalue weighted by atomic mass is 16.3. The van der Waals surface area contributed by atoms with Gasteiger partial charge in [0.05, 0.1) is 6.10 Å². The minimum Gasteiger partial charge on any atom is -0.392 e. The van der Waals surface area contributed by atoms with Crippen LogP contribution in [0.15, 0.2) is 0 Å². The quantitative estimate of drug-likeness (QED) is 0.805. The van der Waals surface area contributed by atoms with E-state index >= 15 is 0 Å². The highest BCUT2D eigenvalue weighted by Gasteiger charge is 2.38. The number of hydrogen-bond acceptors (Lipinski definition) is 3. The summed E-state index contributed by atoms with van der Waals surface area (Å²) in [7, 11) is 2.27. The van der Waals surface area contributed by atoms with E-state index in [0.717, 1.165) is 25.0 Å². The zero-order valence-electron chi connectivity index (χ0n) is 12.4. The zero-order valence-corrected chi connectivity index (χ0v) is 12.4. The first-order chi connectivity index (χ1) is 8.35. The van der Waals surface area contributed by atoms with Crippen LogP contribution in [0.1, 0.15) is 52.9 Å². The number of nitrogens with zero attached hydrogens (tertiary/aromatic N) is 1. The van der Waals surface area contributed by atoms with E-state index < -0.39 is 0 Å². The summed E-state index contributed by atoms with van der Waals surface area (Å²) in [4.78, 5) is 2.56. The van der Waals surface area contributed by atoms with Crippen LogP contribution >= 0.6 is 0 Å². The lowest BCUT2D eigenvalue weighted by Crippen LogP contribution is -2.48. The van der Waals surface area contributed by atoms with Crippen molar-refractivity contribution in [1.82, 2.24) is 10.2 Å². The molecule has 3 heteroatoms. The molecule has 0 aromatic rings. The van der Waals surface area contributed by atoms with Crippen LogP contribution in [0.2, 0.25) is 0 Å². The van der Waals surface area contributed by atoms with Crippen LogP contribution in [0.3, 0.4) is 0 Å². The maximum absolute atomic E-state index is 10.0. The van der Waals surface area contributed by atoms with Crippen molar-refractivity contribution in [2.24, 2.45) is 5.41 Å². The maximum Gasteiger partial charge on any atom is 0.0669 e. The van der Waals surface area contributed by atoms with E-state index in [1.54, 1.807) is 0 Å². The summed E-state index contributed by atoms with van der Waals surface area (Å²) in [6.07, 6.45) is 5.92. The van der Waals surface area contributed by atoms with Gasteiger partial charge in [0.25, 0.3) is 0 Å². The third-order valence-corrected chi connectivity index (χ3v) is 4.59. The molecule has 18 heavy (non-hydrogen) atoms. The van der Waals surface area contributed by atoms with Crippen molar-refractivity contribution in [3.8, 4) is 0 Å². The van der Waals surface area contributed by atoms with Gasteiger partial charge in [-0.05, 0) is 44.6 Å². The molecule has 2 fully saturated rings. The number of piperidine rings is 1. The largest absolute Gasteiger partial charge is 0.392 e. The second-order valence-electron chi connectivity index (χ2n) is 7.55. The predicted molar refractivity (Wildman–Crippen MR) is 75.7 cm³/mol. The standard InChI is InChI=1S/C15H30N2O/c1-15(2,3)9-14(18)10-16-11-7-12-5-6-13(8-11)17(12)4/h11-14,16,18H,5-10H2,1-4H3. The van der Waals surface area contributed by atoms with E-state index in [9.17, 15) is 5.11 Å². The molecule has 0 saturated carbocycles. The SMILES string of the molecule is CN1C2CCC1CC(NCC(O)CC(C)(C)C)C2. The number of hydrogen-bond donors (Lipinski definition) is 2. The Balaban J connectivity index is 1.72. The molecule has 0 aromatic carbocycles. The average Bonchev–Trinajstić information content (AvgIpc) is 2.50. The van der Waals surface area contributed by atoms with E-state index in [2.05, 4.69) is 38.0 Å². The molecule has 0 aliphatic carbocycles. The van der Waals surface area contributed by atoms with Gasteiger partial charge in [-0.15, -0.1) is 0 Å². The Morgan fingerprint density at radius 1 is 1.22 bits per heavy atom. The summed E-state index contributed by atoms with van der Waals surface area (Å²) >= 11 is 0. The van der Waals surface area contributed by atoms with Crippen molar-refractivity contribution in [1.29, 1.82) is 0 Å². The molecule has 2 aliphatic rings. The third-order valence-electron chi connectivity index (χ3n) is 4.59. The second kappa shape index (κ2) is 5.48. The summed E-state index contributed by atoms with van der Waals surface area (Å²) in [5.74, 6) is 0. The summed E-state index contributed by atoms with van der Waals surface area (Å²) < 4.78 is 0. The van der Waals surface area contributed by atoms with Gasteiger partial charge in [0.15, 0.2) is 0 Å². The van der Waals surface area contributed by atoms with Crippen molar-refractivity contribution in [2.45, 2.75) is 77.1 Å². The van der Waals surface area contributed by atoms with E-state index in [0.29, 0.717) is 6.04 Å². The molecule has 3 unspecified atom stereocenters. The van der Waals surface area contributed by atoms with Crippen LogP contribution in [-0.2, 0) is 0 Å². The minimum absolute atomic E-state index is 0.206. The summed E-state index contributed by atoms with van der Waals surface area (Å²) in [5, 5.41) is 13.6. The van der Waals surface area contributed by atoms with Gasteiger partial charge >= 0.3 is 0 Å². The van der Waals surface area contributed by atoms with Gasteiger partial charge in [-0.3, -0.25) is 0 Å². The molecule has 2 rings (SSSR count). The average molecular weight is 254 g/mol. The van der Waals surface area contributed by atoms with Crippen molar-refractivity contribution < 1.29 is 5.11 Å². The van der Waals surface area contributed by atoms with Crippen LogP contribution in [0.25, 0.3) is 0 Å². The maximum atomic E-state index is 10.0. The lowest BCUT2D eigenvalue weighted by molar-refractivity contribution is 0.101. The van der Waals surface area contributed by atoms with Crippen LogP contribution < -0.4 is 5.32 Å². The Hall–Kier alpha value is -0.120. The van der Waals surface area contributed by atoms with E-state index in [4.69, 9.17) is 0 Å². The Labute approximate surface area is 112 Å². The zero-order chi connectivity index (χ0) is 13.3. The van der Waals surface area contributed by atoms with Gasteiger partial charge < -0.3 is 15.3 Å². The second-order valence-corrected chi connectivity index (χ2v) is 7.55. The molecule has 0 amide bonds. The van der Waals surface area contributed by atoms with Gasteiger partial charge in [-0.25, -0.2) is 0 Å². The lowest BCUT2D eigenvalue weighted by atomic mass is 9.89. The van der Waals surface area contributed by atoms with Gasteiger partial charge in [0, 0.05) is 24.7 Å². The number of aliphatic hydroxyl groups excluding tert-OH is 1. The fourth-order valence-corrected chi connectivity index (χ4v) is 3.66.